The number of nitrogen functional groups attached to an aromatic ring is 1. The molecule has 0 saturated carbocycles. The SMILES string of the molecule is CCOC(=O)c1nc(N)sc1-c1cc(OC)c(OC)cc1OC. The van der Waals surface area contributed by atoms with Crippen LogP contribution >= 0.6 is 11.3 Å². The number of hydrogen-bond acceptors (Lipinski definition) is 8. The van der Waals surface area contributed by atoms with E-state index in [2.05, 4.69) is 4.98 Å². The Morgan fingerprint density at radius 1 is 1.13 bits per heavy atom. The average molecular weight is 338 g/mol. The monoisotopic (exact) mass is 338 g/mol. The lowest BCUT2D eigenvalue weighted by molar-refractivity contribution is 0.0521. The fourth-order valence-electron chi connectivity index (χ4n) is 2.06. The molecule has 23 heavy (non-hydrogen) atoms. The van der Waals surface area contributed by atoms with E-state index in [0.29, 0.717) is 27.7 Å². The smallest absolute Gasteiger partial charge is 0.358 e. The number of ether oxygens (including phenoxy) is 4. The third-order valence-electron chi connectivity index (χ3n) is 3.06. The normalized spacial score (nSPS) is 10.3. The Morgan fingerprint density at radius 3 is 2.30 bits per heavy atom. The first-order valence-electron chi connectivity index (χ1n) is 6.79. The Balaban J connectivity index is 2.64. The van der Waals surface area contributed by atoms with Gasteiger partial charge in [-0.15, -0.1) is 0 Å². The maximum atomic E-state index is 12.1. The topological polar surface area (TPSA) is 92.9 Å². The molecule has 0 spiro atoms. The highest BCUT2D eigenvalue weighted by atomic mass is 32.1. The first-order chi connectivity index (χ1) is 11.0. The van der Waals surface area contributed by atoms with Gasteiger partial charge in [-0.3, -0.25) is 0 Å². The number of hydrogen-bond donors (Lipinski definition) is 1. The number of carbonyl (C=O) groups is 1. The first-order valence-corrected chi connectivity index (χ1v) is 7.61. The highest BCUT2D eigenvalue weighted by Crippen LogP contribution is 2.43. The lowest BCUT2D eigenvalue weighted by Crippen LogP contribution is -2.07. The third kappa shape index (κ3) is 3.31. The number of thiazole rings is 1. The average Bonchev–Trinajstić information content (AvgIpc) is 2.95. The molecule has 0 bridgehead atoms. The van der Waals surface area contributed by atoms with Crippen molar-refractivity contribution >= 4 is 22.4 Å². The number of nitrogens with zero attached hydrogens (tertiary/aromatic N) is 1. The van der Waals surface area contributed by atoms with E-state index in [0.717, 1.165) is 0 Å². The molecular weight excluding hydrogens is 320 g/mol. The zero-order valence-corrected chi connectivity index (χ0v) is 14.2. The summed E-state index contributed by atoms with van der Waals surface area (Å²) in [5.41, 5.74) is 6.55. The number of anilines is 1. The summed E-state index contributed by atoms with van der Waals surface area (Å²) in [6.45, 7) is 1.98. The van der Waals surface area contributed by atoms with Crippen molar-refractivity contribution in [3.05, 3.63) is 17.8 Å². The van der Waals surface area contributed by atoms with E-state index in [-0.39, 0.29) is 17.4 Å². The molecule has 2 aromatic rings. The van der Waals surface area contributed by atoms with E-state index in [4.69, 9.17) is 24.7 Å². The van der Waals surface area contributed by atoms with Gasteiger partial charge in [0, 0.05) is 11.6 Å². The van der Waals surface area contributed by atoms with Gasteiger partial charge in [-0.05, 0) is 13.0 Å². The quantitative estimate of drug-likeness (QED) is 0.809. The summed E-state index contributed by atoms with van der Waals surface area (Å²) in [5, 5.41) is 0.264. The second-order valence-electron chi connectivity index (χ2n) is 4.36. The van der Waals surface area contributed by atoms with Crippen LogP contribution in [0.25, 0.3) is 10.4 Å². The van der Waals surface area contributed by atoms with Gasteiger partial charge < -0.3 is 24.7 Å². The minimum atomic E-state index is -0.535. The van der Waals surface area contributed by atoms with E-state index < -0.39 is 5.97 Å². The first kappa shape index (κ1) is 16.9. The largest absolute Gasteiger partial charge is 0.496 e. The summed E-state index contributed by atoms with van der Waals surface area (Å²) >= 11 is 1.17. The van der Waals surface area contributed by atoms with Crippen molar-refractivity contribution < 1.29 is 23.7 Å². The van der Waals surface area contributed by atoms with E-state index in [1.165, 1.54) is 32.7 Å². The van der Waals surface area contributed by atoms with Gasteiger partial charge in [0.05, 0.1) is 32.8 Å². The summed E-state index contributed by atoms with van der Waals surface area (Å²) in [5.74, 6) is 0.998. The molecule has 2 N–H and O–H groups in total. The molecular formula is C15H18N2O5S. The third-order valence-corrected chi connectivity index (χ3v) is 3.98. The van der Waals surface area contributed by atoms with Gasteiger partial charge >= 0.3 is 5.97 Å². The van der Waals surface area contributed by atoms with Gasteiger partial charge in [0.25, 0.3) is 0 Å². The van der Waals surface area contributed by atoms with Crippen LogP contribution in [0.4, 0.5) is 5.13 Å². The molecule has 124 valence electrons. The van der Waals surface area contributed by atoms with Crippen molar-refractivity contribution in [2.45, 2.75) is 6.92 Å². The Morgan fingerprint density at radius 2 is 1.74 bits per heavy atom. The molecule has 1 heterocycles. The predicted octanol–water partition coefficient (Wildman–Crippen LogP) is 2.59. The van der Waals surface area contributed by atoms with E-state index in [1.807, 2.05) is 0 Å². The molecule has 7 nitrogen and oxygen atoms in total. The predicted molar refractivity (Wildman–Crippen MR) is 87.6 cm³/mol. The molecule has 2 rings (SSSR count). The highest BCUT2D eigenvalue weighted by molar-refractivity contribution is 7.19. The number of benzene rings is 1. The Labute approximate surface area is 137 Å². The van der Waals surface area contributed by atoms with Crippen molar-refractivity contribution in [3.8, 4) is 27.7 Å². The lowest BCUT2D eigenvalue weighted by atomic mass is 10.1. The van der Waals surface area contributed by atoms with Crippen molar-refractivity contribution in [2.24, 2.45) is 0 Å². The van der Waals surface area contributed by atoms with Crippen molar-refractivity contribution in [3.63, 3.8) is 0 Å². The fraction of sp³-hybridized carbons (Fsp3) is 0.333. The molecule has 0 radical (unpaired) electrons. The van der Waals surface area contributed by atoms with Crippen molar-refractivity contribution in [2.75, 3.05) is 33.7 Å². The van der Waals surface area contributed by atoms with Crippen LogP contribution in [0.5, 0.6) is 17.2 Å². The Kier molecular flexibility index (Phi) is 5.28. The zero-order valence-electron chi connectivity index (χ0n) is 13.3. The summed E-state index contributed by atoms with van der Waals surface area (Å²) in [6.07, 6.45) is 0. The summed E-state index contributed by atoms with van der Waals surface area (Å²) < 4.78 is 21.0. The second-order valence-corrected chi connectivity index (χ2v) is 5.39. The van der Waals surface area contributed by atoms with Gasteiger partial charge in [-0.2, -0.15) is 0 Å². The maximum Gasteiger partial charge on any atom is 0.358 e. The highest BCUT2D eigenvalue weighted by Gasteiger charge is 2.24. The molecule has 0 amide bonds. The lowest BCUT2D eigenvalue weighted by Gasteiger charge is -2.13. The number of rotatable bonds is 6. The number of aromatic nitrogens is 1. The van der Waals surface area contributed by atoms with Crippen LogP contribution in [0.2, 0.25) is 0 Å². The van der Waals surface area contributed by atoms with Crippen LogP contribution in [0.1, 0.15) is 17.4 Å². The van der Waals surface area contributed by atoms with Crippen molar-refractivity contribution in [1.29, 1.82) is 0 Å². The number of methoxy groups -OCH3 is 3. The molecule has 8 heteroatoms. The van der Waals surface area contributed by atoms with E-state index in [9.17, 15) is 4.79 Å². The fourth-order valence-corrected chi connectivity index (χ4v) is 2.90. The Bertz CT molecular complexity index is 714. The molecule has 0 aliphatic heterocycles. The minimum absolute atomic E-state index is 0.153. The molecule has 0 saturated heterocycles. The molecule has 1 aromatic carbocycles. The van der Waals surface area contributed by atoms with Gasteiger partial charge in [-0.25, -0.2) is 9.78 Å². The van der Waals surface area contributed by atoms with Crippen LogP contribution in [0.15, 0.2) is 12.1 Å². The van der Waals surface area contributed by atoms with E-state index >= 15 is 0 Å². The van der Waals surface area contributed by atoms with Crippen LogP contribution in [0, 0.1) is 0 Å². The second kappa shape index (κ2) is 7.19. The summed E-state index contributed by atoms with van der Waals surface area (Å²) in [6, 6.07) is 3.40. The van der Waals surface area contributed by atoms with Crippen molar-refractivity contribution in [1.82, 2.24) is 4.98 Å². The standard InChI is InChI=1S/C15H18N2O5S/c1-5-22-14(18)12-13(23-15(16)17-12)8-6-10(20-3)11(21-4)7-9(8)19-2/h6-7H,5H2,1-4H3,(H2,16,17). The molecule has 0 fully saturated rings. The van der Waals surface area contributed by atoms with Gasteiger partial charge in [0.2, 0.25) is 0 Å². The van der Waals surface area contributed by atoms with Gasteiger partial charge in [0.15, 0.2) is 22.3 Å². The van der Waals surface area contributed by atoms with Crippen LogP contribution in [-0.2, 0) is 4.74 Å². The molecule has 0 aliphatic rings. The van der Waals surface area contributed by atoms with Crippen LogP contribution < -0.4 is 19.9 Å². The minimum Gasteiger partial charge on any atom is -0.496 e. The molecule has 0 aliphatic carbocycles. The number of esters is 1. The summed E-state index contributed by atoms with van der Waals surface area (Å²) in [4.78, 5) is 16.7. The van der Waals surface area contributed by atoms with Gasteiger partial charge in [-0.1, -0.05) is 11.3 Å². The number of nitrogens with two attached hydrogens (primary N) is 1. The van der Waals surface area contributed by atoms with E-state index in [1.54, 1.807) is 19.1 Å². The van der Waals surface area contributed by atoms with Crippen LogP contribution in [-0.4, -0.2) is 38.9 Å². The molecule has 1 aromatic heterocycles. The number of carbonyl (C=O) groups excluding carboxylic acids is 1. The Hall–Kier alpha value is -2.48. The van der Waals surface area contributed by atoms with Gasteiger partial charge in [0.1, 0.15) is 5.75 Å². The zero-order chi connectivity index (χ0) is 17.0. The summed E-state index contributed by atoms with van der Waals surface area (Å²) in [7, 11) is 4.59. The van der Waals surface area contributed by atoms with Crippen LogP contribution in [0.3, 0.4) is 0 Å². The molecule has 0 atom stereocenters. The molecule has 0 unspecified atom stereocenters. The maximum absolute atomic E-state index is 12.1.